The van der Waals surface area contributed by atoms with Gasteiger partial charge in [0.1, 0.15) is 0 Å². The van der Waals surface area contributed by atoms with Crippen LogP contribution in [-0.4, -0.2) is 49.2 Å². The van der Waals surface area contributed by atoms with Crippen molar-refractivity contribution in [3.8, 4) is 0 Å². The molecule has 1 aromatic carbocycles. The number of rotatable bonds is 4. The van der Waals surface area contributed by atoms with E-state index < -0.39 is 5.82 Å². The number of hydrogen-bond donors (Lipinski definition) is 2. The van der Waals surface area contributed by atoms with Gasteiger partial charge in [0, 0.05) is 25.2 Å². The van der Waals surface area contributed by atoms with Crippen LogP contribution < -0.4 is 10.6 Å². The van der Waals surface area contributed by atoms with Crippen molar-refractivity contribution < 1.29 is 9.60 Å². The van der Waals surface area contributed by atoms with Crippen LogP contribution in [0.5, 0.6) is 0 Å². The minimum atomic E-state index is -0.401. The number of hydrogen-bond acceptors (Lipinski definition) is 4. The molecule has 2 rings (SSSR count). The molecule has 116 valence electrons. The van der Waals surface area contributed by atoms with E-state index >= 15 is 0 Å². The van der Waals surface area contributed by atoms with Crippen LogP contribution in [0.4, 0.5) is 10.1 Å². The van der Waals surface area contributed by atoms with Crippen molar-refractivity contribution in [1.82, 2.24) is 4.90 Å². The van der Waals surface area contributed by atoms with Crippen LogP contribution in [0, 0.1) is 5.82 Å². The maximum absolute atomic E-state index is 14.5. The second-order valence-electron chi connectivity index (χ2n) is 5.40. The number of oxime groups is 1. The Morgan fingerprint density at radius 1 is 1.62 bits per heavy atom. The summed E-state index contributed by atoms with van der Waals surface area (Å²) in [5.74, 6) is -0.521. The molecule has 0 aromatic heterocycles. The zero-order valence-electron chi connectivity index (χ0n) is 12.2. The van der Waals surface area contributed by atoms with Crippen LogP contribution in [0.15, 0.2) is 21.8 Å². The topological polar surface area (TPSA) is 65.1 Å². The van der Waals surface area contributed by atoms with Gasteiger partial charge in [-0.05, 0) is 54.5 Å². The molecular weight excluding hydrogens is 339 g/mol. The maximum atomic E-state index is 14.5. The number of likely N-dealkylation sites (tertiary alicyclic amines) is 1. The Morgan fingerprint density at radius 3 is 2.90 bits per heavy atom. The van der Waals surface area contributed by atoms with Gasteiger partial charge >= 0.3 is 0 Å². The zero-order valence-corrected chi connectivity index (χ0v) is 13.8. The molecule has 1 aliphatic rings. The molecule has 0 saturated carbocycles. The minimum Gasteiger partial charge on any atom is -0.409 e. The first-order valence-corrected chi connectivity index (χ1v) is 7.62. The fraction of sp³-hybridized carbons (Fsp3) is 0.500. The molecule has 0 radical (unpaired) electrons. The van der Waals surface area contributed by atoms with Crippen molar-refractivity contribution in [2.24, 2.45) is 10.9 Å². The summed E-state index contributed by atoms with van der Waals surface area (Å²) in [6, 6.07) is 3.74. The van der Waals surface area contributed by atoms with Crippen LogP contribution in [0.1, 0.15) is 18.4 Å². The highest BCUT2D eigenvalue weighted by Gasteiger charge is 2.24. The van der Waals surface area contributed by atoms with E-state index in [2.05, 4.69) is 33.0 Å². The zero-order chi connectivity index (χ0) is 15.6. The first-order chi connectivity index (χ1) is 9.95. The van der Waals surface area contributed by atoms with Gasteiger partial charge in [0.25, 0.3) is 0 Å². The highest BCUT2D eigenvalue weighted by Crippen LogP contribution is 2.30. The fourth-order valence-corrected chi connectivity index (χ4v) is 3.25. The monoisotopic (exact) mass is 358 g/mol. The van der Waals surface area contributed by atoms with E-state index in [1.165, 1.54) is 6.42 Å². The molecule has 0 amide bonds. The van der Waals surface area contributed by atoms with E-state index in [4.69, 9.17) is 10.9 Å². The molecule has 7 heteroatoms. The molecule has 21 heavy (non-hydrogen) atoms. The van der Waals surface area contributed by atoms with Gasteiger partial charge in [0.05, 0.1) is 10.2 Å². The van der Waals surface area contributed by atoms with Gasteiger partial charge in [-0.1, -0.05) is 5.16 Å². The number of nitrogens with two attached hydrogens (primary N) is 1. The van der Waals surface area contributed by atoms with E-state index in [1.54, 1.807) is 12.1 Å². The van der Waals surface area contributed by atoms with Crippen molar-refractivity contribution in [1.29, 1.82) is 0 Å². The van der Waals surface area contributed by atoms with E-state index in [9.17, 15) is 4.39 Å². The van der Waals surface area contributed by atoms with Gasteiger partial charge in [0.15, 0.2) is 11.7 Å². The molecule has 5 nitrogen and oxygen atoms in total. The molecule has 0 aliphatic carbocycles. The molecule has 0 spiro atoms. The first kappa shape index (κ1) is 16.0. The summed E-state index contributed by atoms with van der Waals surface area (Å²) >= 11 is 3.18. The lowest BCUT2D eigenvalue weighted by Crippen LogP contribution is -2.37. The lowest BCUT2D eigenvalue weighted by molar-refractivity contribution is 0.314. The minimum absolute atomic E-state index is 0.120. The lowest BCUT2D eigenvalue weighted by Gasteiger charge is -2.28. The second-order valence-corrected chi connectivity index (χ2v) is 6.20. The van der Waals surface area contributed by atoms with E-state index in [0.29, 0.717) is 17.3 Å². The Labute approximate surface area is 132 Å². The van der Waals surface area contributed by atoms with Crippen LogP contribution in [0.25, 0.3) is 0 Å². The quantitative estimate of drug-likeness (QED) is 0.375. The third-order valence-electron chi connectivity index (χ3n) is 4.01. The molecular formula is C14H20BrFN4O. The van der Waals surface area contributed by atoms with Gasteiger partial charge < -0.3 is 20.7 Å². The number of anilines is 1. The molecule has 1 heterocycles. The molecule has 1 fully saturated rings. The third kappa shape index (κ3) is 3.29. The lowest BCUT2D eigenvalue weighted by atomic mass is 10.1. The highest BCUT2D eigenvalue weighted by atomic mass is 79.9. The van der Waals surface area contributed by atoms with Gasteiger partial charge in [-0.3, -0.25) is 0 Å². The van der Waals surface area contributed by atoms with Gasteiger partial charge in [0.2, 0.25) is 0 Å². The molecule has 0 bridgehead atoms. The Balaban J connectivity index is 2.22. The SMILES string of the molecule is CN(CC1CCCN1C)c1ccc(/C(N)=N/O)c(Br)c1F. The normalized spacial score (nSPS) is 20.0. The largest absolute Gasteiger partial charge is 0.409 e. The maximum Gasteiger partial charge on any atom is 0.171 e. The smallest absolute Gasteiger partial charge is 0.171 e. The molecule has 1 unspecified atom stereocenters. The van der Waals surface area contributed by atoms with Crippen LogP contribution in [-0.2, 0) is 0 Å². The molecule has 1 aliphatic heterocycles. The summed E-state index contributed by atoms with van der Waals surface area (Å²) in [5, 5.41) is 11.6. The van der Waals surface area contributed by atoms with Gasteiger partial charge in [-0.25, -0.2) is 4.39 Å². The van der Waals surface area contributed by atoms with Gasteiger partial charge in [-0.15, -0.1) is 0 Å². The summed E-state index contributed by atoms with van der Waals surface area (Å²) in [6.45, 7) is 1.86. The predicted molar refractivity (Wildman–Crippen MR) is 85.5 cm³/mol. The van der Waals surface area contributed by atoms with Crippen molar-refractivity contribution in [2.45, 2.75) is 18.9 Å². The molecule has 3 N–H and O–H groups in total. The Hall–Kier alpha value is -1.34. The molecule has 1 aromatic rings. The highest BCUT2D eigenvalue weighted by molar-refractivity contribution is 9.10. The predicted octanol–water partition coefficient (Wildman–Crippen LogP) is 2.21. The summed E-state index contributed by atoms with van der Waals surface area (Å²) in [7, 11) is 3.97. The van der Waals surface area contributed by atoms with Crippen molar-refractivity contribution in [3.63, 3.8) is 0 Å². The summed E-state index contributed by atoms with van der Waals surface area (Å²) < 4.78 is 14.7. The summed E-state index contributed by atoms with van der Waals surface area (Å²) in [4.78, 5) is 4.21. The van der Waals surface area contributed by atoms with Crippen molar-refractivity contribution in [3.05, 3.63) is 28.0 Å². The average Bonchev–Trinajstić information content (AvgIpc) is 2.86. The van der Waals surface area contributed by atoms with Crippen LogP contribution in [0.2, 0.25) is 0 Å². The van der Waals surface area contributed by atoms with Crippen LogP contribution >= 0.6 is 15.9 Å². The van der Waals surface area contributed by atoms with Crippen molar-refractivity contribution >= 4 is 27.5 Å². The Bertz CT molecular complexity index is 552. The Morgan fingerprint density at radius 2 is 2.33 bits per heavy atom. The standard InChI is InChI=1S/C14H20BrFN4O/c1-19-7-3-4-9(19)8-20(2)11-6-5-10(14(17)18-21)12(15)13(11)16/h5-6,9,21H,3-4,7-8H2,1-2H3,(H2,17,18). The van der Waals surface area contributed by atoms with Crippen LogP contribution in [0.3, 0.4) is 0 Å². The number of halogens is 2. The van der Waals surface area contributed by atoms with Gasteiger partial charge in [-0.2, -0.15) is 0 Å². The number of benzene rings is 1. The second kappa shape index (κ2) is 6.62. The summed E-state index contributed by atoms with van der Waals surface area (Å²) in [5.41, 5.74) is 6.36. The van der Waals surface area contributed by atoms with E-state index in [0.717, 1.165) is 19.5 Å². The molecule has 1 saturated heterocycles. The first-order valence-electron chi connectivity index (χ1n) is 6.83. The third-order valence-corrected chi connectivity index (χ3v) is 4.79. The van der Waals surface area contributed by atoms with E-state index in [1.807, 2.05) is 11.9 Å². The average molecular weight is 359 g/mol. The Kier molecular flexibility index (Phi) is 5.05. The van der Waals surface area contributed by atoms with Crippen molar-refractivity contribution in [2.75, 3.05) is 32.1 Å². The number of likely N-dealkylation sites (N-methyl/N-ethyl adjacent to an activating group) is 2. The number of amidine groups is 1. The summed E-state index contributed by atoms with van der Waals surface area (Å²) in [6.07, 6.45) is 2.31. The fourth-order valence-electron chi connectivity index (χ4n) is 2.71. The molecule has 1 atom stereocenters. The number of nitrogens with zero attached hydrogens (tertiary/aromatic N) is 3. The van der Waals surface area contributed by atoms with E-state index in [-0.39, 0.29) is 10.3 Å².